The maximum absolute atomic E-state index is 9.65. The molecule has 0 bridgehead atoms. The van der Waals surface area contributed by atoms with E-state index in [0.29, 0.717) is 23.3 Å². The van der Waals surface area contributed by atoms with Crippen LogP contribution in [0, 0.1) is 5.92 Å². The van der Waals surface area contributed by atoms with Gasteiger partial charge in [0.05, 0.1) is 0 Å². The average Bonchev–Trinajstić information content (AvgIpc) is 2.49. The lowest BCUT2D eigenvalue weighted by Crippen LogP contribution is -2.22. The molecule has 21 heavy (non-hydrogen) atoms. The molecule has 0 aromatic heterocycles. The molecule has 2 unspecified atom stereocenters. The minimum atomic E-state index is 0.329. The largest absolute Gasteiger partial charge is 0.508 e. The van der Waals surface area contributed by atoms with Gasteiger partial charge in [-0.25, -0.2) is 0 Å². The molecular weight excluding hydrogens is 260 g/mol. The Morgan fingerprint density at radius 1 is 1.00 bits per heavy atom. The maximum Gasteiger partial charge on any atom is 0.115 e. The molecule has 1 aliphatic rings. The van der Waals surface area contributed by atoms with Crippen LogP contribution in [0.1, 0.15) is 42.4 Å². The second-order valence-electron chi connectivity index (χ2n) is 6.07. The number of fused-ring (bicyclic) bond motifs is 1. The molecule has 2 aromatic carbocycles. The average molecular weight is 282 g/mol. The summed E-state index contributed by atoms with van der Waals surface area (Å²) < 4.78 is 0. The van der Waals surface area contributed by atoms with Crippen molar-refractivity contribution < 1.29 is 10.2 Å². The third-order valence-corrected chi connectivity index (χ3v) is 4.75. The van der Waals surface area contributed by atoms with E-state index < -0.39 is 0 Å². The Kier molecular flexibility index (Phi) is 3.87. The quantitative estimate of drug-likeness (QED) is 0.876. The van der Waals surface area contributed by atoms with Crippen LogP contribution in [0.25, 0.3) is 0 Å². The number of aromatic hydroxyl groups is 2. The summed E-state index contributed by atoms with van der Waals surface area (Å²) in [5.41, 5.74) is 4.01. The second kappa shape index (κ2) is 5.80. The number of rotatable bonds is 3. The summed E-state index contributed by atoms with van der Waals surface area (Å²) in [5, 5.41) is 19.0. The van der Waals surface area contributed by atoms with Crippen LogP contribution in [-0.2, 0) is 12.8 Å². The highest BCUT2D eigenvalue weighted by molar-refractivity contribution is 5.39. The SMILES string of the molecule is CCC1c2ccc(O)cc2CCC1Cc1ccc(O)cc1. The molecule has 0 fully saturated rings. The van der Waals surface area contributed by atoms with Gasteiger partial charge in [0, 0.05) is 0 Å². The van der Waals surface area contributed by atoms with Crippen LogP contribution >= 0.6 is 0 Å². The zero-order valence-electron chi connectivity index (χ0n) is 12.4. The van der Waals surface area contributed by atoms with Gasteiger partial charge in [0.2, 0.25) is 0 Å². The van der Waals surface area contributed by atoms with Crippen LogP contribution < -0.4 is 0 Å². The van der Waals surface area contributed by atoms with E-state index in [-0.39, 0.29) is 0 Å². The molecule has 3 rings (SSSR count). The van der Waals surface area contributed by atoms with Crippen LogP contribution in [0.4, 0.5) is 0 Å². The first-order chi connectivity index (χ1) is 10.2. The van der Waals surface area contributed by atoms with Crippen LogP contribution in [0.2, 0.25) is 0 Å². The number of hydrogen-bond acceptors (Lipinski definition) is 2. The zero-order chi connectivity index (χ0) is 14.8. The smallest absolute Gasteiger partial charge is 0.115 e. The Labute approximate surface area is 126 Å². The molecule has 0 aliphatic heterocycles. The monoisotopic (exact) mass is 282 g/mol. The molecule has 2 atom stereocenters. The second-order valence-corrected chi connectivity index (χ2v) is 6.07. The standard InChI is InChI=1S/C19H22O2/c1-2-18-14(11-13-3-7-16(20)8-4-13)5-6-15-12-17(21)9-10-19(15)18/h3-4,7-10,12,14,18,20-21H,2,5-6,11H2,1H3. The van der Waals surface area contributed by atoms with Crippen molar-refractivity contribution in [1.82, 2.24) is 0 Å². The summed E-state index contributed by atoms with van der Waals surface area (Å²) in [6.07, 6.45) is 4.39. The molecule has 1 aliphatic carbocycles. The number of aryl methyl sites for hydroxylation is 1. The Hall–Kier alpha value is -1.96. The van der Waals surface area contributed by atoms with Crippen LogP contribution in [0.15, 0.2) is 42.5 Å². The summed E-state index contributed by atoms with van der Waals surface area (Å²) in [6, 6.07) is 13.4. The van der Waals surface area contributed by atoms with Crippen molar-refractivity contribution >= 4 is 0 Å². The molecule has 0 amide bonds. The van der Waals surface area contributed by atoms with Gasteiger partial charge >= 0.3 is 0 Å². The topological polar surface area (TPSA) is 40.5 Å². The highest BCUT2D eigenvalue weighted by atomic mass is 16.3. The lowest BCUT2D eigenvalue weighted by molar-refractivity contribution is 0.359. The van der Waals surface area contributed by atoms with E-state index >= 15 is 0 Å². The van der Waals surface area contributed by atoms with Gasteiger partial charge in [-0.15, -0.1) is 0 Å². The Bertz CT molecular complexity index is 616. The van der Waals surface area contributed by atoms with E-state index in [1.807, 2.05) is 24.3 Å². The predicted octanol–water partition coefficient (Wildman–Crippen LogP) is 4.40. The van der Waals surface area contributed by atoms with Crippen LogP contribution in [0.3, 0.4) is 0 Å². The van der Waals surface area contributed by atoms with Crippen molar-refractivity contribution in [3.63, 3.8) is 0 Å². The normalized spacial score (nSPS) is 21.0. The Balaban J connectivity index is 1.83. The van der Waals surface area contributed by atoms with E-state index in [1.54, 1.807) is 12.1 Å². The van der Waals surface area contributed by atoms with E-state index in [2.05, 4.69) is 13.0 Å². The van der Waals surface area contributed by atoms with Gasteiger partial charge in [0.1, 0.15) is 11.5 Å². The van der Waals surface area contributed by atoms with E-state index in [9.17, 15) is 10.2 Å². The number of phenolic OH excluding ortho intramolecular Hbond substituents is 2. The predicted molar refractivity (Wildman–Crippen MR) is 84.8 cm³/mol. The lowest BCUT2D eigenvalue weighted by atomic mass is 9.71. The van der Waals surface area contributed by atoms with Crippen molar-refractivity contribution in [2.45, 2.75) is 38.5 Å². The van der Waals surface area contributed by atoms with E-state index in [4.69, 9.17) is 0 Å². The molecule has 0 saturated heterocycles. The molecule has 0 heterocycles. The number of benzene rings is 2. The van der Waals surface area contributed by atoms with Gasteiger partial charge in [-0.1, -0.05) is 25.1 Å². The van der Waals surface area contributed by atoms with Gasteiger partial charge in [-0.2, -0.15) is 0 Å². The summed E-state index contributed by atoms with van der Waals surface area (Å²) >= 11 is 0. The summed E-state index contributed by atoms with van der Waals surface area (Å²) in [6.45, 7) is 2.25. The summed E-state index contributed by atoms with van der Waals surface area (Å²) in [5.74, 6) is 1.90. The highest BCUT2D eigenvalue weighted by Gasteiger charge is 2.28. The molecule has 0 saturated carbocycles. The number of phenols is 2. The zero-order valence-corrected chi connectivity index (χ0v) is 12.4. The maximum atomic E-state index is 9.65. The highest BCUT2D eigenvalue weighted by Crippen LogP contribution is 2.41. The van der Waals surface area contributed by atoms with Crippen molar-refractivity contribution in [3.05, 3.63) is 59.2 Å². The molecule has 2 aromatic rings. The molecule has 2 heteroatoms. The first-order valence-corrected chi connectivity index (χ1v) is 7.77. The fourth-order valence-corrected chi connectivity index (χ4v) is 3.70. The fraction of sp³-hybridized carbons (Fsp3) is 0.368. The molecule has 2 nitrogen and oxygen atoms in total. The first-order valence-electron chi connectivity index (χ1n) is 7.77. The van der Waals surface area contributed by atoms with Crippen molar-refractivity contribution in [2.24, 2.45) is 5.92 Å². The van der Waals surface area contributed by atoms with E-state index in [0.717, 1.165) is 25.7 Å². The van der Waals surface area contributed by atoms with Gasteiger partial charge < -0.3 is 10.2 Å². The molecular formula is C19H22O2. The van der Waals surface area contributed by atoms with Crippen molar-refractivity contribution in [1.29, 1.82) is 0 Å². The molecule has 2 N–H and O–H groups in total. The fourth-order valence-electron chi connectivity index (χ4n) is 3.70. The first kappa shape index (κ1) is 14.0. The third-order valence-electron chi connectivity index (χ3n) is 4.75. The van der Waals surface area contributed by atoms with Gasteiger partial charge in [0.15, 0.2) is 0 Å². The van der Waals surface area contributed by atoms with Crippen molar-refractivity contribution in [2.75, 3.05) is 0 Å². The number of hydrogen-bond donors (Lipinski definition) is 2. The minimum absolute atomic E-state index is 0.329. The van der Waals surface area contributed by atoms with Gasteiger partial charge in [-0.05, 0) is 78.5 Å². The Morgan fingerprint density at radius 3 is 2.43 bits per heavy atom. The van der Waals surface area contributed by atoms with Gasteiger partial charge in [0.25, 0.3) is 0 Å². The third kappa shape index (κ3) is 2.90. The lowest BCUT2D eigenvalue weighted by Gasteiger charge is -2.33. The van der Waals surface area contributed by atoms with Crippen LogP contribution in [0.5, 0.6) is 11.5 Å². The molecule has 110 valence electrons. The summed E-state index contributed by atoms with van der Waals surface area (Å²) in [4.78, 5) is 0. The Morgan fingerprint density at radius 2 is 1.71 bits per heavy atom. The molecule has 0 radical (unpaired) electrons. The van der Waals surface area contributed by atoms with Crippen molar-refractivity contribution in [3.8, 4) is 11.5 Å². The minimum Gasteiger partial charge on any atom is -0.508 e. The van der Waals surface area contributed by atoms with Crippen LogP contribution in [-0.4, -0.2) is 10.2 Å². The van der Waals surface area contributed by atoms with Gasteiger partial charge in [-0.3, -0.25) is 0 Å². The summed E-state index contributed by atoms with van der Waals surface area (Å²) in [7, 11) is 0. The van der Waals surface area contributed by atoms with E-state index in [1.165, 1.54) is 16.7 Å². The molecule has 0 spiro atoms.